The summed E-state index contributed by atoms with van der Waals surface area (Å²) in [5, 5.41) is 11.7. The van der Waals surface area contributed by atoms with Gasteiger partial charge in [0.1, 0.15) is 29.6 Å². The Bertz CT molecular complexity index is 1500. The topological polar surface area (TPSA) is 98.6 Å². The van der Waals surface area contributed by atoms with Gasteiger partial charge in [-0.3, -0.25) is 14.5 Å². The molecule has 0 aliphatic heterocycles. The zero-order valence-electron chi connectivity index (χ0n) is 23.4. The molecule has 40 heavy (non-hydrogen) atoms. The Balaban J connectivity index is 1.65. The van der Waals surface area contributed by atoms with Crippen LogP contribution in [0, 0.1) is 13.8 Å². The molecule has 1 atom stereocenters. The van der Waals surface area contributed by atoms with E-state index in [0.717, 1.165) is 42.3 Å². The van der Waals surface area contributed by atoms with Gasteiger partial charge in [-0.25, -0.2) is 4.68 Å². The molecule has 1 heterocycles. The zero-order chi connectivity index (χ0) is 28.2. The second-order valence-corrected chi connectivity index (χ2v) is 10.3. The standard InChI is InChI=1S/C31H35N5O4/c1-20-10-9-15-27(21(20)2)36(29(37)19-35-28-14-8-7-13-26(28)33-34-35)30(31(38)32-23-11-5-6-12-23)22-16-24(39-3)18-25(17-22)40-4/h7-10,13-18,23,30H,5-6,11-12,19H2,1-4H3,(H,32,38). The van der Waals surface area contributed by atoms with Crippen LogP contribution in [0.5, 0.6) is 11.5 Å². The van der Waals surface area contributed by atoms with Gasteiger partial charge < -0.3 is 14.8 Å². The molecular weight excluding hydrogens is 506 g/mol. The largest absolute Gasteiger partial charge is 0.497 e. The fourth-order valence-electron chi connectivity index (χ4n) is 5.41. The second-order valence-electron chi connectivity index (χ2n) is 10.3. The monoisotopic (exact) mass is 541 g/mol. The molecule has 3 aromatic carbocycles. The lowest BCUT2D eigenvalue weighted by Crippen LogP contribution is -2.47. The molecule has 1 N–H and O–H groups in total. The number of aryl methyl sites for hydroxylation is 1. The van der Waals surface area contributed by atoms with Crippen LogP contribution in [0.15, 0.2) is 60.7 Å². The van der Waals surface area contributed by atoms with Crippen LogP contribution in [0.2, 0.25) is 0 Å². The van der Waals surface area contributed by atoms with E-state index in [4.69, 9.17) is 9.47 Å². The van der Waals surface area contributed by atoms with E-state index in [1.54, 1.807) is 42.0 Å². The molecule has 1 unspecified atom stereocenters. The first kappa shape index (κ1) is 27.2. The zero-order valence-corrected chi connectivity index (χ0v) is 23.4. The molecule has 1 saturated carbocycles. The van der Waals surface area contributed by atoms with Crippen LogP contribution in [0.25, 0.3) is 11.0 Å². The lowest BCUT2D eigenvalue weighted by Gasteiger charge is -2.34. The number of carbonyl (C=O) groups excluding carboxylic acids is 2. The van der Waals surface area contributed by atoms with Crippen LogP contribution >= 0.6 is 0 Å². The molecule has 1 aliphatic carbocycles. The number of fused-ring (bicyclic) bond motifs is 1. The number of anilines is 1. The smallest absolute Gasteiger partial charge is 0.249 e. The van der Waals surface area contributed by atoms with Crippen molar-refractivity contribution in [1.29, 1.82) is 0 Å². The number of nitrogens with zero attached hydrogens (tertiary/aromatic N) is 4. The summed E-state index contributed by atoms with van der Waals surface area (Å²) < 4.78 is 12.7. The van der Waals surface area contributed by atoms with Crippen molar-refractivity contribution < 1.29 is 19.1 Å². The summed E-state index contributed by atoms with van der Waals surface area (Å²) in [4.78, 5) is 30.2. The molecule has 9 nitrogen and oxygen atoms in total. The van der Waals surface area contributed by atoms with E-state index in [9.17, 15) is 9.59 Å². The van der Waals surface area contributed by atoms with Crippen LogP contribution in [-0.2, 0) is 16.1 Å². The predicted molar refractivity (Wildman–Crippen MR) is 154 cm³/mol. The molecule has 0 spiro atoms. The maximum absolute atomic E-state index is 14.4. The average Bonchev–Trinajstić information content (AvgIpc) is 3.63. The lowest BCUT2D eigenvalue weighted by molar-refractivity contribution is -0.127. The summed E-state index contributed by atoms with van der Waals surface area (Å²) in [5.41, 5.74) is 4.60. The van der Waals surface area contributed by atoms with E-state index in [-0.39, 0.29) is 24.4 Å². The Kier molecular flexibility index (Phi) is 8.00. The number of amides is 2. The minimum Gasteiger partial charge on any atom is -0.497 e. The van der Waals surface area contributed by atoms with E-state index in [1.165, 1.54) is 0 Å². The SMILES string of the molecule is COc1cc(OC)cc(C(C(=O)NC2CCCC2)N(C(=O)Cn2nnc3ccccc32)c2cccc(C)c2C)c1. The Morgan fingerprint density at radius 3 is 2.40 bits per heavy atom. The number of para-hydroxylation sites is 1. The number of ether oxygens (including phenoxy) is 2. The first-order valence-corrected chi connectivity index (χ1v) is 13.6. The third-order valence-corrected chi connectivity index (χ3v) is 7.71. The number of nitrogens with one attached hydrogen (secondary N) is 1. The van der Waals surface area contributed by atoms with Gasteiger partial charge in [0.15, 0.2) is 0 Å². The number of hydrogen-bond donors (Lipinski definition) is 1. The summed E-state index contributed by atoms with van der Waals surface area (Å²) in [6, 6.07) is 17.7. The van der Waals surface area contributed by atoms with Crippen molar-refractivity contribution in [3.8, 4) is 11.5 Å². The van der Waals surface area contributed by atoms with Gasteiger partial charge in [0, 0.05) is 17.8 Å². The summed E-state index contributed by atoms with van der Waals surface area (Å²) in [5.74, 6) is 0.518. The first-order chi connectivity index (χ1) is 19.4. The Morgan fingerprint density at radius 2 is 1.70 bits per heavy atom. The van der Waals surface area contributed by atoms with Crippen molar-refractivity contribution in [3.05, 3.63) is 77.4 Å². The van der Waals surface area contributed by atoms with Crippen LogP contribution in [0.1, 0.15) is 48.4 Å². The van der Waals surface area contributed by atoms with Gasteiger partial charge in [0.05, 0.1) is 19.7 Å². The molecule has 0 bridgehead atoms. The first-order valence-electron chi connectivity index (χ1n) is 13.6. The van der Waals surface area contributed by atoms with E-state index in [0.29, 0.717) is 28.3 Å². The summed E-state index contributed by atoms with van der Waals surface area (Å²) in [6.45, 7) is 3.87. The highest BCUT2D eigenvalue weighted by Crippen LogP contribution is 2.36. The van der Waals surface area contributed by atoms with Gasteiger partial charge >= 0.3 is 0 Å². The molecule has 9 heteroatoms. The van der Waals surface area contributed by atoms with Gasteiger partial charge in [-0.1, -0.05) is 42.3 Å². The third kappa shape index (κ3) is 5.50. The van der Waals surface area contributed by atoms with Gasteiger partial charge in [-0.15, -0.1) is 5.10 Å². The molecule has 5 rings (SSSR count). The Morgan fingerprint density at radius 1 is 1.00 bits per heavy atom. The third-order valence-electron chi connectivity index (χ3n) is 7.71. The number of carbonyl (C=O) groups is 2. The Labute approximate surface area is 234 Å². The highest BCUT2D eigenvalue weighted by Gasteiger charge is 2.36. The summed E-state index contributed by atoms with van der Waals surface area (Å²) in [6.07, 6.45) is 3.98. The fraction of sp³-hybridized carbons (Fsp3) is 0.355. The van der Waals surface area contributed by atoms with Crippen molar-refractivity contribution in [2.75, 3.05) is 19.1 Å². The van der Waals surface area contributed by atoms with E-state index in [2.05, 4.69) is 15.6 Å². The second kappa shape index (κ2) is 11.8. The van der Waals surface area contributed by atoms with E-state index >= 15 is 0 Å². The summed E-state index contributed by atoms with van der Waals surface area (Å²) >= 11 is 0. The minimum absolute atomic E-state index is 0.0670. The number of aromatic nitrogens is 3. The Hall–Kier alpha value is -4.40. The maximum Gasteiger partial charge on any atom is 0.249 e. The van der Waals surface area contributed by atoms with Gasteiger partial charge in [-0.2, -0.15) is 0 Å². The van der Waals surface area contributed by atoms with E-state index < -0.39 is 6.04 Å². The van der Waals surface area contributed by atoms with Crippen LogP contribution in [0.4, 0.5) is 5.69 Å². The van der Waals surface area contributed by atoms with Crippen LogP contribution in [-0.4, -0.2) is 47.1 Å². The highest BCUT2D eigenvalue weighted by molar-refractivity contribution is 6.02. The number of hydrogen-bond acceptors (Lipinski definition) is 6. The fourth-order valence-corrected chi connectivity index (χ4v) is 5.41. The number of benzene rings is 3. The summed E-state index contributed by atoms with van der Waals surface area (Å²) in [7, 11) is 3.13. The maximum atomic E-state index is 14.4. The number of rotatable bonds is 9. The molecule has 1 aromatic heterocycles. The van der Waals surface area contributed by atoms with Crippen molar-refractivity contribution in [2.24, 2.45) is 0 Å². The van der Waals surface area contributed by atoms with Crippen molar-refractivity contribution in [3.63, 3.8) is 0 Å². The van der Waals surface area contributed by atoms with E-state index in [1.807, 2.05) is 56.3 Å². The van der Waals surface area contributed by atoms with Crippen molar-refractivity contribution >= 4 is 28.5 Å². The van der Waals surface area contributed by atoms with Gasteiger partial charge in [0.2, 0.25) is 11.8 Å². The van der Waals surface area contributed by atoms with Gasteiger partial charge in [-0.05, 0) is 73.7 Å². The van der Waals surface area contributed by atoms with Gasteiger partial charge in [0.25, 0.3) is 0 Å². The highest BCUT2D eigenvalue weighted by atomic mass is 16.5. The molecule has 0 saturated heterocycles. The molecule has 208 valence electrons. The number of methoxy groups -OCH3 is 2. The lowest BCUT2D eigenvalue weighted by atomic mass is 9.99. The molecular formula is C31H35N5O4. The van der Waals surface area contributed by atoms with Crippen LogP contribution < -0.4 is 19.7 Å². The molecule has 4 aromatic rings. The molecule has 2 amide bonds. The molecule has 0 radical (unpaired) electrons. The van der Waals surface area contributed by atoms with Crippen LogP contribution in [0.3, 0.4) is 0 Å². The average molecular weight is 542 g/mol. The van der Waals surface area contributed by atoms with Crippen molar-refractivity contribution in [2.45, 2.75) is 58.2 Å². The molecule has 1 fully saturated rings. The molecule has 1 aliphatic rings. The van der Waals surface area contributed by atoms with Crippen molar-refractivity contribution in [1.82, 2.24) is 20.3 Å². The normalized spacial score (nSPS) is 14.2. The predicted octanol–water partition coefficient (Wildman–Crippen LogP) is 4.90. The quantitative estimate of drug-likeness (QED) is 0.324. The minimum atomic E-state index is -0.979.